The summed E-state index contributed by atoms with van der Waals surface area (Å²) in [4.78, 5) is 17.0. The molecule has 26 heavy (non-hydrogen) atoms. The molecule has 0 saturated carbocycles. The Balaban J connectivity index is 1.44. The van der Waals surface area contributed by atoms with Gasteiger partial charge in [-0.15, -0.1) is 0 Å². The van der Waals surface area contributed by atoms with Crippen LogP contribution < -0.4 is 10.2 Å². The molecule has 4 nitrogen and oxygen atoms in total. The first-order chi connectivity index (χ1) is 12.6. The summed E-state index contributed by atoms with van der Waals surface area (Å²) in [5.74, 6) is 0.108. The van der Waals surface area contributed by atoms with Crippen molar-refractivity contribution in [2.75, 3.05) is 37.6 Å². The molecule has 2 aromatic carbocycles. The average Bonchev–Trinajstić information content (AvgIpc) is 2.68. The second-order valence-electron chi connectivity index (χ2n) is 6.71. The number of halogens is 1. The van der Waals surface area contributed by atoms with Gasteiger partial charge in [-0.25, -0.2) is 0 Å². The molecule has 1 N–H and O–H groups in total. The topological polar surface area (TPSA) is 35.6 Å². The maximum Gasteiger partial charge on any atom is 0.237 e. The van der Waals surface area contributed by atoms with E-state index in [1.54, 1.807) is 0 Å². The molecule has 1 saturated heterocycles. The fourth-order valence-corrected chi connectivity index (χ4v) is 3.51. The maximum atomic E-state index is 12.4. The molecule has 2 aromatic rings. The smallest absolute Gasteiger partial charge is 0.237 e. The van der Waals surface area contributed by atoms with Gasteiger partial charge >= 0.3 is 0 Å². The molecular weight excluding hydrogens is 346 g/mol. The quantitative estimate of drug-likeness (QED) is 0.846. The zero-order valence-corrected chi connectivity index (χ0v) is 16.0. The number of benzene rings is 2. The molecule has 1 aliphatic heterocycles. The van der Waals surface area contributed by atoms with Crippen molar-refractivity contribution >= 4 is 23.2 Å². The van der Waals surface area contributed by atoms with Gasteiger partial charge in [0.1, 0.15) is 0 Å². The zero-order valence-electron chi connectivity index (χ0n) is 15.2. The van der Waals surface area contributed by atoms with Gasteiger partial charge in [0.15, 0.2) is 0 Å². The normalized spacial score (nSPS) is 16.3. The second kappa shape index (κ2) is 9.06. The Kier molecular flexibility index (Phi) is 6.53. The Hall–Kier alpha value is -2.04. The van der Waals surface area contributed by atoms with Crippen LogP contribution in [0.4, 0.5) is 5.69 Å². The summed E-state index contributed by atoms with van der Waals surface area (Å²) < 4.78 is 0. The average molecular weight is 372 g/mol. The Morgan fingerprint density at radius 2 is 1.81 bits per heavy atom. The molecule has 5 heteroatoms. The van der Waals surface area contributed by atoms with E-state index in [2.05, 4.69) is 33.3 Å². The number of anilines is 1. The van der Waals surface area contributed by atoms with E-state index in [0.717, 1.165) is 43.3 Å². The van der Waals surface area contributed by atoms with Gasteiger partial charge in [-0.05, 0) is 37.1 Å². The molecule has 3 rings (SSSR count). The monoisotopic (exact) mass is 371 g/mol. The number of rotatable bonds is 6. The lowest BCUT2D eigenvalue weighted by atomic mass is 10.1. The van der Waals surface area contributed by atoms with Crippen LogP contribution in [-0.4, -0.2) is 49.6 Å². The van der Waals surface area contributed by atoms with Gasteiger partial charge in [0.2, 0.25) is 5.91 Å². The molecule has 1 amide bonds. The van der Waals surface area contributed by atoms with Crippen molar-refractivity contribution in [3.63, 3.8) is 0 Å². The summed E-state index contributed by atoms with van der Waals surface area (Å²) in [7, 11) is 0. The van der Waals surface area contributed by atoms with E-state index in [1.807, 2.05) is 43.3 Å². The van der Waals surface area contributed by atoms with Gasteiger partial charge in [0, 0.05) is 43.4 Å². The van der Waals surface area contributed by atoms with E-state index in [-0.39, 0.29) is 11.9 Å². The molecule has 0 bridgehead atoms. The summed E-state index contributed by atoms with van der Waals surface area (Å²) >= 11 is 6.09. The van der Waals surface area contributed by atoms with Crippen LogP contribution in [0.3, 0.4) is 0 Å². The number of carbonyl (C=O) groups excluding carboxylic acids is 1. The van der Waals surface area contributed by atoms with E-state index in [0.29, 0.717) is 6.54 Å². The Morgan fingerprint density at radius 1 is 1.08 bits per heavy atom. The number of amides is 1. The summed E-state index contributed by atoms with van der Waals surface area (Å²) in [6.45, 7) is 6.23. The molecule has 0 unspecified atom stereocenters. The van der Waals surface area contributed by atoms with E-state index in [1.165, 1.54) is 5.56 Å². The summed E-state index contributed by atoms with van der Waals surface area (Å²) in [6.07, 6.45) is 0.863. The van der Waals surface area contributed by atoms with Crippen molar-refractivity contribution in [3.05, 3.63) is 65.2 Å². The molecular formula is C21H26ClN3O. The van der Waals surface area contributed by atoms with Crippen LogP contribution in [-0.2, 0) is 11.2 Å². The second-order valence-corrected chi connectivity index (χ2v) is 7.14. The van der Waals surface area contributed by atoms with Gasteiger partial charge in [-0.2, -0.15) is 0 Å². The lowest BCUT2D eigenvalue weighted by Gasteiger charge is -2.38. The molecule has 0 aliphatic carbocycles. The number of nitrogens with zero attached hydrogens (tertiary/aromatic N) is 2. The van der Waals surface area contributed by atoms with Crippen LogP contribution in [0, 0.1) is 0 Å². The van der Waals surface area contributed by atoms with Gasteiger partial charge in [0.05, 0.1) is 6.04 Å². The molecule has 1 aliphatic rings. The minimum absolute atomic E-state index is 0.104. The lowest BCUT2D eigenvalue weighted by molar-refractivity contribution is -0.125. The van der Waals surface area contributed by atoms with E-state index in [4.69, 9.17) is 11.6 Å². The number of hydrogen-bond acceptors (Lipinski definition) is 3. The molecule has 1 heterocycles. The first kappa shape index (κ1) is 18.7. The van der Waals surface area contributed by atoms with Gasteiger partial charge in [0.25, 0.3) is 0 Å². The number of carbonyl (C=O) groups is 1. The standard InChI is InChI=1S/C21H26ClN3O/c1-17(21(26)23-11-10-18-6-3-2-4-7-18)24-12-14-25(15-13-24)20-9-5-8-19(22)16-20/h2-9,16-17H,10-15H2,1H3,(H,23,26)/t17-/m1/s1. The van der Waals surface area contributed by atoms with E-state index < -0.39 is 0 Å². The SMILES string of the molecule is C[C@H](C(=O)NCCc1ccccc1)N1CCN(c2cccc(Cl)c2)CC1. The molecule has 0 radical (unpaired) electrons. The van der Waals surface area contributed by atoms with Crippen molar-refractivity contribution in [3.8, 4) is 0 Å². The number of nitrogens with one attached hydrogen (secondary N) is 1. The number of hydrogen-bond donors (Lipinski definition) is 1. The fraction of sp³-hybridized carbons (Fsp3) is 0.381. The zero-order chi connectivity index (χ0) is 18.4. The van der Waals surface area contributed by atoms with E-state index in [9.17, 15) is 4.79 Å². The highest BCUT2D eigenvalue weighted by molar-refractivity contribution is 6.30. The number of piperazine rings is 1. The molecule has 0 spiro atoms. The minimum atomic E-state index is -0.104. The Morgan fingerprint density at radius 3 is 2.50 bits per heavy atom. The highest BCUT2D eigenvalue weighted by atomic mass is 35.5. The molecule has 1 fully saturated rings. The van der Waals surface area contributed by atoms with E-state index >= 15 is 0 Å². The predicted molar refractivity (Wildman–Crippen MR) is 108 cm³/mol. The van der Waals surface area contributed by atoms with Crippen LogP contribution in [0.5, 0.6) is 0 Å². The van der Waals surface area contributed by atoms with Crippen molar-refractivity contribution in [1.82, 2.24) is 10.2 Å². The largest absolute Gasteiger partial charge is 0.369 e. The highest BCUT2D eigenvalue weighted by Gasteiger charge is 2.25. The first-order valence-corrected chi connectivity index (χ1v) is 9.57. The van der Waals surface area contributed by atoms with Crippen LogP contribution in [0.15, 0.2) is 54.6 Å². The van der Waals surface area contributed by atoms with Crippen molar-refractivity contribution in [1.29, 1.82) is 0 Å². The predicted octanol–water partition coefficient (Wildman–Crippen LogP) is 3.21. The summed E-state index contributed by atoms with van der Waals surface area (Å²) in [5, 5.41) is 3.83. The Bertz CT molecular complexity index is 714. The molecule has 0 aromatic heterocycles. The van der Waals surface area contributed by atoms with Crippen LogP contribution in [0.25, 0.3) is 0 Å². The lowest BCUT2D eigenvalue weighted by Crippen LogP contribution is -2.54. The molecule has 1 atom stereocenters. The third-order valence-corrected chi connectivity index (χ3v) is 5.21. The summed E-state index contributed by atoms with van der Waals surface area (Å²) in [6, 6.07) is 18.1. The van der Waals surface area contributed by atoms with Gasteiger partial charge < -0.3 is 10.2 Å². The minimum Gasteiger partial charge on any atom is -0.369 e. The van der Waals surface area contributed by atoms with Gasteiger partial charge in [-0.3, -0.25) is 9.69 Å². The third kappa shape index (κ3) is 4.99. The van der Waals surface area contributed by atoms with Gasteiger partial charge in [-0.1, -0.05) is 48.0 Å². The van der Waals surface area contributed by atoms with Crippen LogP contribution >= 0.6 is 11.6 Å². The first-order valence-electron chi connectivity index (χ1n) is 9.20. The fourth-order valence-electron chi connectivity index (χ4n) is 3.33. The molecule has 138 valence electrons. The van der Waals surface area contributed by atoms with Crippen LogP contribution in [0.2, 0.25) is 5.02 Å². The van der Waals surface area contributed by atoms with Crippen molar-refractivity contribution < 1.29 is 4.79 Å². The Labute approximate surface area is 160 Å². The maximum absolute atomic E-state index is 12.4. The van der Waals surface area contributed by atoms with Crippen LogP contribution in [0.1, 0.15) is 12.5 Å². The third-order valence-electron chi connectivity index (χ3n) is 4.97. The van der Waals surface area contributed by atoms with Crippen molar-refractivity contribution in [2.24, 2.45) is 0 Å². The summed E-state index contributed by atoms with van der Waals surface area (Å²) in [5.41, 5.74) is 2.40. The highest BCUT2D eigenvalue weighted by Crippen LogP contribution is 2.21. The van der Waals surface area contributed by atoms with Crippen molar-refractivity contribution in [2.45, 2.75) is 19.4 Å².